The van der Waals surface area contributed by atoms with Crippen LogP contribution in [-0.2, 0) is 0 Å². The number of aromatic hydroxyl groups is 2. The minimum Gasteiger partial charge on any atom is -0.508 e. The van der Waals surface area contributed by atoms with Crippen molar-refractivity contribution in [3.05, 3.63) is 94.0 Å². The Morgan fingerprint density at radius 2 is 1.16 bits per heavy atom. The van der Waals surface area contributed by atoms with Gasteiger partial charge in [-0.05, 0) is 124 Å². The van der Waals surface area contributed by atoms with Gasteiger partial charge in [-0.2, -0.15) is 0 Å². The molecule has 0 amide bonds. The molecule has 44 heavy (non-hydrogen) atoms. The number of amidine groups is 1. The Kier molecular flexibility index (Phi) is 16.6. The molecule has 240 valence electrons. The van der Waals surface area contributed by atoms with Crippen LogP contribution in [0.5, 0.6) is 11.5 Å². The normalized spacial score (nSPS) is 12.5. The van der Waals surface area contributed by atoms with E-state index in [2.05, 4.69) is 0 Å². The van der Waals surface area contributed by atoms with Crippen molar-refractivity contribution in [1.82, 2.24) is 0 Å². The van der Waals surface area contributed by atoms with Gasteiger partial charge in [0, 0.05) is 17.8 Å². The first-order chi connectivity index (χ1) is 20.6. The van der Waals surface area contributed by atoms with Crippen molar-refractivity contribution in [2.75, 3.05) is 0 Å². The minimum absolute atomic E-state index is 0.0619. The maximum atomic E-state index is 9.85. The Hall–Kier alpha value is -4.05. The Balaban J connectivity index is 0.000000330. The molecule has 0 heterocycles. The molecule has 0 spiro atoms. The van der Waals surface area contributed by atoms with Gasteiger partial charge < -0.3 is 42.1 Å². The highest BCUT2D eigenvalue weighted by Gasteiger charge is 2.12. The summed E-state index contributed by atoms with van der Waals surface area (Å²) >= 11 is 0. The standard InChI is InChI=1S/C12H17NO2.C12H17NO.C11H16N2O2/c1-8-5-10(7-11(14)6-8)12(15)4-3-9(2)13;1-9-5-3-4-6-11(9)12(14)8-7-10(2)13;1-7-2-3-8(14)6-9(7)10(15)4-5-11(12)13/h5-7,12-15H,3-4H2,1-2H3;3-6,12-14H,7-8H2,1-2H3;2-3,6,10,14-15H,4-5H2,1H3,(H3,12,13)/t2*12-;10-/m000/s1. The van der Waals surface area contributed by atoms with Crippen molar-refractivity contribution in [1.29, 1.82) is 16.2 Å². The number of nitrogens with one attached hydrogen (secondary N) is 3. The average Bonchev–Trinajstić information content (AvgIpc) is 2.95. The second-order valence-electron chi connectivity index (χ2n) is 11.2. The molecule has 0 aliphatic rings. The van der Waals surface area contributed by atoms with Crippen molar-refractivity contribution in [3.8, 4) is 11.5 Å². The summed E-state index contributed by atoms with van der Waals surface area (Å²) in [5, 5.41) is 69.8. The summed E-state index contributed by atoms with van der Waals surface area (Å²) in [6, 6.07) is 17.8. The van der Waals surface area contributed by atoms with Crippen LogP contribution < -0.4 is 5.73 Å². The van der Waals surface area contributed by atoms with Crippen molar-refractivity contribution in [3.63, 3.8) is 0 Å². The van der Waals surface area contributed by atoms with Crippen LogP contribution in [0.4, 0.5) is 0 Å². The van der Waals surface area contributed by atoms with Crippen LogP contribution in [0.1, 0.15) is 104 Å². The first-order valence-corrected chi connectivity index (χ1v) is 14.7. The zero-order valence-corrected chi connectivity index (χ0v) is 26.6. The third kappa shape index (κ3) is 14.9. The van der Waals surface area contributed by atoms with E-state index in [1.54, 1.807) is 44.2 Å². The number of phenolic OH excluding ortho intramolecular Hbond substituents is 2. The Bertz CT molecular complexity index is 1350. The van der Waals surface area contributed by atoms with Crippen LogP contribution >= 0.6 is 0 Å². The molecule has 3 atom stereocenters. The molecule has 0 bridgehead atoms. The molecule has 0 radical (unpaired) electrons. The summed E-state index contributed by atoms with van der Waals surface area (Å²) in [6.07, 6.45) is 1.45. The molecule has 10 N–H and O–H groups in total. The number of aliphatic hydroxyl groups excluding tert-OH is 3. The summed E-state index contributed by atoms with van der Waals surface area (Å²) < 4.78 is 0. The highest BCUT2D eigenvalue weighted by atomic mass is 16.3. The molecule has 9 nitrogen and oxygen atoms in total. The van der Waals surface area contributed by atoms with Gasteiger partial charge in [0.25, 0.3) is 0 Å². The van der Waals surface area contributed by atoms with E-state index in [9.17, 15) is 25.5 Å². The molecule has 0 saturated carbocycles. The van der Waals surface area contributed by atoms with Crippen LogP contribution in [0.2, 0.25) is 0 Å². The molecule has 0 aliphatic heterocycles. The third-order valence-corrected chi connectivity index (χ3v) is 6.91. The Morgan fingerprint density at radius 3 is 1.70 bits per heavy atom. The number of nitrogens with two attached hydrogens (primary N) is 1. The van der Waals surface area contributed by atoms with E-state index < -0.39 is 18.3 Å². The highest BCUT2D eigenvalue weighted by molar-refractivity contribution is 5.78. The molecule has 0 saturated heterocycles. The van der Waals surface area contributed by atoms with Crippen LogP contribution in [0.15, 0.2) is 60.7 Å². The van der Waals surface area contributed by atoms with E-state index in [0.717, 1.165) is 22.3 Å². The number of hydrogen-bond donors (Lipinski definition) is 9. The van der Waals surface area contributed by atoms with Crippen LogP contribution in [-0.4, -0.2) is 42.8 Å². The lowest BCUT2D eigenvalue weighted by Crippen LogP contribution is -2.11. The van der Waals surface area contributed by atoms with Crippen molar-refractivity contribution >= 4 is 17.3 Å². The molecule has 3 aromatic carbocycles. The lowest BCUT2D eigenvalue weighted by atomic mass is 9.99. The Labute approximate surface area is 261 Å². The predicted molar refractivity (Wildman–Crippen MR) is 178 cm³/mol. The number of aliphatic hydroxyl groups is 3. The van der Waals surface area contributed by atoms with E-state index in [1.807, 2.05) is 51.1 Å². The van der Waals surface area contributed by atoms with E-state index >= 15 is 0 Å². The van der Waals surface area contributed by atoms with Crippen LogP contribution in [0, 0.1) is 37.0 Å². The lowest BCUT2D eigenvalue weighted by molar-refractivity contribution is 0.168. The zero-order valence-electron chi connectivity index (χ0n) is 26.6. The summed E-state index contributed by atoms with van der Waals surface area (Å²) in [5.74, 6) is 0.375. The predicted octanol–water partition coefficient (Wildman–Crippen LogP) is 6.85. The largest absolute Gasteiger partial charge is 0.508 e. The highest BCUT2D eigenvalue weighted by Crippen LogP contribution is 2.26. The monoisotopic (exact) mass is 606 g/mol. The van der Waals surface area contributed by atoms with E-state index in [0.29, 0.717) is 61.1 Å². The molecular weight excluding hydrogens is 556 g/mol. The van der Waals surface area contributed by atoms with Crippen molar-refractivity contribution in [2.24, 2.45) is 5.73 Å². The topological polar surface area (TPSA) is 199 Å². The van der Waals surface area contributed by atoms with Gasteiger partial charge >= 0.3 is 0 Å². The molecule has 9 heteroatoms. The number of phenols is 2. The van der Waals surface area contributed by atoms with Gasteiger partial charge in [-0.3, -0.25) is 5.41 Å². The van der Waals surface area contributed by atoms with Gasteiger partial charge in [0.2, 0.25) is 0 Å². The maximum Gasteiger partial charge on any atom is 0.116 e. The first kappa shape index (κ1) is 38.0. The second-order valence-corrected chi connectivity index (χ2v) is 11.2. The lowest BCUT2D eigenvalue weighted by Gasteiger charge is -2.13. The number of aryl methyl sites for hydroxylation is 3. The number of benzene rings is 3. The SMILES string of the molecule is CC(=N)CC[C@H](O)c1cc(C)cc(O)c1.CC(=N)CC[C@H](O)c1ccccc1C.Cc1ccc(O)cc1[C@@H](O)CCC(=N)N. The minimum atomic E-state index is -0.680. The zero-order chi connectivity index (χ0) is 33.4. The van der Waals surface area contributed by atoms with Gasteiger partial charge in [0.1, 0.15) is 11.5 Å². The first-order valence-electron chi connectivity index (χ1n) is 14.7. The maximum absolute atomic E-state index is 9.85. The third-order valence-electron chi connectivity index (χ3n) is 6.91. The summed E-state index contributed by atoms with van der Waals surface area (Å²) in [7, 11) is 0. The van der Waals surface area contributed by atoms with E-state index in [1.165, 1.54) is 0 Å². The van der Waals surface area contributed by atoms with Crippen LogP contribution in [0.3, 0.4) is 0 Å². The Morgan fingerprint density at radius 1 is 0.636 bits per heavy atom. The van der Waals surface area contributed by atoms with Gasteiger partial charge in [-0.15, -0.1) is 0 Å². The van der Waals surface area contributed by atoms with E-state index in [4.69, 9.17) is 22.0 Å². The molecule has 3 aromatic rings. The van der Waals surface area contributed by atoms with Crippen molar-refractivity contribution in [2.45, 2.75) is 91.5 Å². The summed E-state index contributed by atoms with van der Waals surface area (Å²) in [5.41, 5.74) is 11.7. The molecule has 0 aliphatic carbocycles. The number of rotatable bonds is 12. The smallest absolute Gasteiger partial charge is 0.116 e. The van der Waals surface area contributed by atoms with Gasteiger partial charge in [0.05, 0.1) is 24.1 Å². The fourth-order valence-electron chi connectivity index (χ4n) is 4.41. The second kappa shape index (κ2) is 19.3. The molecule has 0 aromatic heterocycles. The molecular formula is C35H50N4O5. The van der Waals surface area contributed by atoms with Crippen molar-refractivity contribution < 1.29 is 25.5 Å². The summed E-state index contributed by atoms with van der Waals surface area (Å²) in [6.45, 7) is 9.23. The molecule has 3 rings (SSSR count). The summed E-state index contributed by atoms with van der Waals surface area (Å²) in [4.78, 5) is 0. The molecule has 0 unspecified atom stereocenters. The fraction of sp³-hybridized carbons (Fsp3) is 0.400. The number of hydrogen-bond acceptors (Lipinski definition) is 8. The van der Waals surface area contributed by atoms with Crippen LogP contribution in [0.25, 0.3) is 0 Å². The molecule has 0 fully saturated rings. The van der Waals surface area contributed by atoms with Gasteiger partial charge in [-0.25, -0.2) is 0 Å². The van der Waals surface area contributed by atoms with E-state index in [-0.39, 0.29) is 17.3 Å². The fourth-order valence-corrected chi connectivity index (χ4v) is 4.41. The average molecular weight is 607 g/mol. The quantitative estimate of drug-likeness (QED) is 0.0797. The van der Waals surface area contributed by atoms with Gasteiger partial charge in [-0.1, -0.05) is 36.4 Å². The van der Waals surface area contributed by atoms with Gasteiger partial charge in [0.15, 0.2) is 0 Å².